The van der Waals surface area contributed by atoms with Crippen molar-refractivity contribution in [1.29, 1.82) is 0 Å². The molecule has 0 bridgehead atoms. The molecule has 0 saturated heterocycles. The second-order valence-corrected chi connectivity index (χ2v) is 13.6. The minimum absolute atomic E-state index is 0.235. The summed E-state index contributed by atoms with van der Waals surface area (Å²) in [6.07, 6.45) is 21.3. The summed E-state index contributed by atoms with van der Waals surface area (Å²) in [6.45, 7) is 17.9. The van der Waals surface area contributed by atoms with Crippen LogP contribution in [-0.2, 0) is 33.4 Å². The van der Waals surface area contributed by atoms with Crippen LogP contribution in [0.5, 0.6) is 0 Å². The van der Waals surface area contributed by atoms with Gasteiger partial charge in [-0.3, -0.25) is 19.2 Å². The first-order valence-corrected chi connectivity index (χ1v) is 19.7. The van der Waals surface area contributed by atoms with Crippen LogP contribution in [-0.4, -0.2) is 48.3 Å². The first kappa shape index (κ1) is 48.0. The van der Waals surface area contributed by atoms with Gasteiger partial charge in [0.2, 0.25) is 0 Å². The fourth-order valence-electron chi connectivity index (χ4n) is 5.93. The Hall–Kier alpha value is -2.12. The van der Waals surface area contributed by atoms with Crippen LogP contribution in [0.1, 0.15) is 197 Å². The maximum atomic E-state index is 12.9. The van der Waals surface area contributed by atoms with E-state index < -0.39 is 22.8 Å². The molecule has 0 fully saturated rings. The third-order valence-corrected chi connectivity index (χ3v) is 9.99. The van der Waals surface area contributed by atoms with Gasteiger partial charge in [-0.05, 0) is 52.4 Å². The Morgan fingerprint density at radius 2 is 0.875 bits per heavy atom. The molecular formula is C40H76O8. The molecule has 284 valence electrons. The molecule has 0 radical (unpaired) electrons. The van der Waals surface area contributed by atoms with Gasteiger partial charge >= 0.3 is 23.9 Å². The van der Waals surface area contributed by atoms with Gasteiger partial charge in [0.25, 0.3) is 0 Å². The van der Waals surface area contributed by atoms with Gasteiger partial charge in [-0.15, -0.1) is 0 Å². The smallest absolute Gasteiger partial charge is 0.323 e. The number of ether oxygens (including phenoxy) is 3. The fraction of sp³-hybridized carbons (Fsp3) is 0.900. The third-order valence-electron chi connectivity index (χ3n) is 9.99. The number of hydrogen-bond acceptors (Lipinski definition) is 7. The molecule has 0 saturated carbocycles. The Morgan fingerprint density at radius 1 is 0.521 bits per heavy atom. The zero-order valence-electron chi connectivity index (χ0n) is 32.7. The van der Waals surface area contributed by atoms with E-state index in [1.807, 2.05) is 20.8 Å². The predicted octanol–water partition coefficient (Wildman–Crippen LogP) is 11.0. The van der Waals surface area contributed by atoms with Crippen molar-refractivity contribution in [2.45, 2.75) is 203 Å². The van der Waals surface area contributed by atoms with Crippen LogP contribution in [0.25, 0.3) is 0 Å². The van der Waals surface area contributed by atoms with Gasteiger partial charge in [0.15, 0.2) is 10.8 Å². The minimum atomic E-state index is -1.39. The van der Waals surface area contributed by atoms with Crippen molar-refractivity contribution in [3.8, 4) is 0 Å². The maximum Gasteiger partial charge on any atom is 0.323 e. The van der Waals surface area contributed by atoms with Crippen molar-refractivity contribution >= 4 is 23.9 Å². The molecule has 0 amide bonds. The second-order valence-electron chi connectivity index (χ2n) is 13.6. The summed E-state index contributed by atoms with van der Waals surface area (Å²) in [6, 6.07) is 0. The highest BCUT2D eigenvalue weighted by molar-refractivity contribution is 6.00. The monoisotopic (exact) mass is 685 g/mol. The molecule has 0 spiro atoms. The van der Waals surface area contributed by atoms with Crippen molar-refractivity contribution in [3.63, 3.8) is 0 Å². The zero-order chi connectivity index (χ0) is 36.8. The van der Waals surface area contributed by atoms with Gasteiger partial charge in [-0.25, -0.2) is 0 Å². The Bertz CT molecular complexity index is 795. The number of carboxylic acid groups (broad SMARTS) is 1. The lowest BCUT2D eigenvalue weighted by atomic mass is 9.77. The van der Waals surface area contributed by atoms with Gasteiger partial charge in [0, 0.05) is 0 Å². The van der Waals surface area contributed by atoms with Crippen molar-refractivity contribution in [2.24, 2.45) is 16.7 Å². The summed E-state index contributed by atoms with van der Waals surface area (Å²) < 4.78 is 16.1. The molecule has 0 aliphatic carbocycles. The highest BCUT2D eigenvalue weighted by Gasteiger charge is 2.48. The molecule has 0 aromatic rings. The summed E-state index contributed by atoms with van der Waals surface area (Å²) in [5, 5.41) is 9.20. The topological polar surface area (TPSA) is 116 Å². The summed E-state index contributed by atoms with van der Waals surface area (Å²) >= 11 is 0. The van der Waals surface area contributed by atoms with E-state index in [9.17, 15) is 24.3 Å². The summed E-state index contributed by atoms with van der Waals surface area (Å²) in [5.41, 5.74) is -2.50. The zero-order valence-corrected chi connectivity index (χ0v) is 32.7. The van der Waals surface area contributed by atoms with E-state index >= 15 is 0 Å². The van der Waals surface area contributed by atoms with Crippen molar-refractivity contribution in [1.82, 2.24) is 0 Å². The number of carbonyl (C=O) groups is 4. The van der Waals surface area contributed by atoms with Crippen molar-refractivity contribution < 1.29 is 38.5 Å². The number of hydrogen-bond donors (Lipinski definition) is 1. The molecule has 48 heavy (non-hydrogen) atoms. The quantitative estimate of drug-likeness (QED) is 0.0358. The largest absolute Gasteiger partial charge is 0.480 e. The molecule has 0 aromatic carbocycles. The SMILES string of the molecule is CCC(C)C(C)OC(=O)C(CC)(CC)C(=O)O.CCCCCCCCCCC(CCCCCCCCCC)(C(=O)OCC)C(=O)OCC. The lowest BCUT2D eigenvalue weighted by Crippen LogP contribution is -2.42. The number of esters is 3. The molecule has 0 aliphatic heterocycles. The highest BCUT2D eigenvalue weighted by atomic mass is 16.6. The van der Waals surface area contributed by atoms with Crippen LogP contribution in [0, 0.1) is 16.7 Å². The van der Waals surface area contributed by atoms with E-state index in [2.05, 4.69) is 13.8 Å². The molecule has 1 N–H and O–H groups in total. The Labute approximate surface area is 295 Å². The summed E-state index contributed by atoms with van der Waals surface area (Å²) in [7, 11) is 0. The highest BCUT2D eigenvalue weighted by Crippen LogP contribution is 2.36. The van der Waals surface area contributed by atoms with E-state index in [-0.39, 0.29) is 36.8 Å². The average Bonchev–Trinajstić information content (AvgIpc) is 3.06. The normalized spacial score (nSPS) is 12.8. The van der Waals surface area contributed by atoms with Gasteiger partial charge in [-0.2, -0.15) is 0 Å². The number of aliphatic carboxylic acids is 1. The molecule has 0 heterocycles. The number of carboxylic acids is 1. The number of unbranched alkanes of at least 4 members (excludes halogenated alkanes) is 14. The molecule has 0 aliphatic rings. The van der Waals surface area contributed by atoms with Gasteiger partial charge in [0.1, 0.15) is 6.10 Å². The molecule has 2 atom stereocenters. The molecule has 2 unspecified atom stereocenters. The minimum Gasteiger partial charge on any atom is -0.480 e. The van der Waals surface area contributed by atoms with Crippen LogP contribution in [0.15, 0.2) is 0 Å². The van der Waals surface area contributed by atoms with Gasteiger partial charge in [0.05, 0.1) is 13.2 Å². The standard InChI is InChI=1S/C27H52O4.C13H24O4/c1-5-9-11-13-15-17-19-21-23-27(25(28)30-7-3,26(29)31-8-4)24-22-20-18-16-14-12-10-6-2;1-6-9(4)10(5)17-12(16)13(7-2,8-3)11(14)15/h5-24H2,1-4H3;9-10H,6-8H2,1-5H3,(H,14,15). The van der Waals surface area contributed by atoms with E-state index in [0.29, 0.717) is 26.1 Å². The molecule has 8 nitrogen and oxygen atoms in total. The van der Waals surface area contributed by atoms with Crippen molar-refractivity contribution in [3.05, 3.63) is 0 Å². The van der Waals surface area contributed by atoms with Gasteiger partial charge in [-0.1, -0.05) is 151 Å². The molecule has 0 rings (SSSR count). The number of rotatable bonds is 29. The summed E-state index contributed by atoms with van der Waals surface area (Å²) in [5.74, 6) is -2.22. The average molecular weight is 685 g/mol. The van der Waals surface area contributed by atoms with Crippen LogP contribution >= 0.6 is 0 Å². The van der Waals surface area contributed by atoms with Crippen LogP contribution in [0.2, 0.25) is 0 Å². The van der Waals surface area contributed by atoms with Crippen LogP contribution < -0.4 is 0 Å². The van der Waals surface area contributed by atoms with E-state index in [1.54, 1.807) is 27.7 Å². The van der Waals surface area contributed by atoms with Crippen molar-refractivity contribution in [2.75, 3.05) is 13.2 Å². The van der Waals surface area contributed by atoms with Crippen LogP contribution in [0.4, 0.5) is 0 Å². The second kappa shape index (κ2) is 29.8. The lowest BCUT2D eigenvalue weighted by Gasteiger charge is -2.29. The molecule has 0 aromatic heterocycles. The lowest BCUT2D eigenvalue weighted by molar-refractivity contribution is -0.175. The molecule has 8 heteroatoms. The van der Waals surface area contributed by atoms with E-state index in [1.165, 1.54) is 77.0 Å². The Balaban J connectivity index is 0. The maximum absolute atomic E-state index is 12.9. The summed E-state index contributed by atoms with van der Waals surface area (Å²) in [4.78, 5) is 49.1. The number of carbonyl (C=O) groups excluding carboxylic acids is 3. The Kier molecular flexibility index (Phi) is 29.8. The predicted molar refractivity (Wildman–Crippen MR) is 196 cm³/mol. The van der Waals surface area contributed by atoms with E-state index in [4.69, 9.17) is 14.2 Å². The first-order chi connectivity index (χ1) is 22.9. The van der Waals surface area contributed by atoms with E-state index in [0.717, 1.165) is 32.1 Å². The third kappa shape index (κ3) is 18.6. The Morgan fingerprint density at radius 3 is 1.17 bits per heavy atom. The fourth-order valence-corrected chi connectivity index (χ4v) is 5.93. The van der Waals surface area contributed by atoms with Gasteiger partial charge < -0.3 is 19.3 Å². The molecular weight excluding hydrogens is 608 g/mol. The first-order valence-electron chi connectivity index (χ1n) is 19.7. The van der Waals surface area contributed by atoms with Crippen LogP contribution in [0.3, 0.4) is 0 Å².